The van der Waals surface area contributed by atoms with Crippen LogP contribution in [0.5, 0.6) is 0 Å². The Kier molecular flexibility index (Phi) is 1.42. The Morgan fingerprint density at radius 2 is 2.08 bits per heavy atom. The van der Waals surface area contributed by atoms with Crippen LogP contribution in [0.2, 0.25) is 0 Å². The molecule has 0 radical (unpaired) electrons. The van der Waals surface area contributed by atoms with E-state index in [-0.39, 0.29) is 5.54 Å². The van der Waals surface area contributed by atoms with Crippen molar-refractivity contribution in [2.45, 2.75) is 25.4 Å². The molecule has 12 heavy (non-hydrogen) atoms. The van der Waals surface area contributed by atoms with Gasteiger partial charge in [-0.3, -0.25) is 0 Å². The average molecular weight is 162 g/mol. The first-order chi connectivity index (χ1) is 5.62. The van der Waals surface area contributed by atoms with Crippen molar-refractivity contribution in [2.75, 3.05) is 5.32 Å². The predicted octanol–water partition coefficient (Wildman–Crippen LogP) is 1.67. The van der Waals surface area contributed by atoms with Gasteiger partial charge >= 0.3 is 0 Å². The smallest absolute Gasteiger partial charge is 0.0602 e. The van der Waals surface area contributed by atoms with Gasteiger partial charge in [-0.05, 0) is 25.5 Å². The summed E-state index contributed by atoms with van der Waals surface area (Å²) in [5.74, 6) is 0. The van der Waals surface area contributed by atoms with Crippen LogP contribution >= 0.6 is 0 Å². The Hall–Kier alpha value is -1.02. The SMILES string of the molecule is CC1Nc2ccccc2C1(C)N. The zero-order valence-electron chi connectivity index (χ0n) is 7.46. The number of hydrogen-bond acceptors (Lipinski definition) is 2. The van der Waals surface area contributed by atoms with Crippen molar-refractivity contribution >= 4 is 5.69 Å². The molecule has 2 nitrogen and oxygen atoms in total. The number of nitrogens with one attached hydrogen (secondary N) is 1. The van der Waals surface area contributed by atoms with E-state index in [1.807, 2.05) is 12.1 Å². The zero-order chi connectivity index (χ0) is 8.77. The molecule has 1 aromatic rings. The number of nitrogens with two attached hydrogens (primary N) is 1. The largest absolute Gasteiger partial charge is 0.380 e. The zero-order valence-corrected chi connectivity index (χ0v) is 7.46. The number of fused-ring (bicyclic) bond motifs is 1. The van der Waals surface area contributed by atoms with E-state index in [0.29, 0.717) is 6.04 Å². The van der Waals surface area contributed by atoms with Crippen LogP contribution < -0.4 is 11.1 Å². The van der Waals surface area contributed by atoms with E-state index in [4.69, 9.17) is 5.73 Å². The Morgan fingerprint density at radius 1 is 1.42 bits per heavy atom. The molecule has 2 rings (SSSR count). The minimum absolute atomic E-state index is 0.226. The lowest BCUT2D eigenvalue weighted by atomic mass is 9.90. The first kappa shape index (κ1) is 7.62. The van der Waals surface area contributed by atoms with Crippen LogP contribution in [0.3, 0.4) is 0 Å². The second kappa shape index (κ2) is 2.23. The first-order valence-corrected chi connectivity index (χ1v) is 4.27. The Morgan fingerprint density at radius 3 is 2.75 bits per heavy atom. The highest BCUT2D eigenvalue weighted by Gasteiger charge is 2.36. The van der Waals surface area contributed by atoms with Gasteiger partial charge in [-0.15, -0.1) is 0 Å². The van der Waals surface area contributed by atoms with Crippen LogP contribution in [-0.4, -0.2) is 6.04 Å². The molecule has 0 aromatic heterocycles. The molecule has 0 fully saturated rings. The summed E-state index contributed by atoms with van der Waals surface area (Å²) in [4.78, 5) is 0. The number of hydrogen-bond donors (Lipinski definition) is 2. The fourth-order valence-corrected chi connectivity index (χ4v) is 1.70. The molecule has 0 bridgehead atoms. The lowest BCUT2D eigenvalue weighted by molar-refractivity contribution is 0.458. The molecule has 2 unspecified atom stereocenters. The molecule has 2 atom stereocenters. The Labute approximate surface area is 72.8 Å². The molecule has 0 saturated heterocycles. The number of anilines is 1. The van der Waals surface area contributed by atoms with Crippen molar-refractivity contribution in [3.05, 3.63) is 29.8 Å². The fraction of sp³-hybridized carbons (Fsp3) is 0.400. The summed E-state index contributed by atoms with van der Waals surface area (Å²) < 4.78 is 0. The third-order valence-corrected chi connectivity index (χ3v) is 2.78. The maximum absolute atomic E-state index is 6.17. The molecule has 0 amide bonds. The molecule has 64 valence electrons. The molecule has 0 saturated carbocycles. The van der Waals surface area contributed by atoms with Gasteiger partial charge in [0, 0.05) is 11.7 Å². The van der Waals surface area contributed by atoms with E-state index < -0.39 is 0 Å². The summed E-state index contributed by atoms with van der Waals surface area (Å²) in [6.07, 6.45) is 0. The number of rotatable bonds is 0. The lowest BCUT2D eigenvalue weighted by Gasteiger charge is -2.23. The molecule has 1 aliphatic rings. The molecular weight excluding hydrogens is 148 g/mol. The minimum atomic E-state index is -0.226. The van der Waals surface area contributed by atoms with Crippen LogP contribution in [-0.2, 0) is 5.54 Å². The third-order valence-electron chi connectivity index (χ3n) is 2.78. The fourth-order valence-electron chi connectivity index (χ4n) is 1.70. The van der Waals surface area contributed by atoms with E-state index in [9.17, 15) is 0 Å². The normalized spacial score (nSPS) is 32.8. The van der Waals surface area contributed by atoms with Gasteiger partial charge in [0.25, 0.3) is 0 Å². The first-order valence-electron chi connectivity index (χ1n) is 4.27. The predicted molar refractivity (Wildman–Crippen MR) is 51.1 cm³/mol. The van der Waals surface area contributed by atoms with Crippen molar-refractivity contribution < 1.29 is 0 Å². The van der Waals surface area contributed by atoms with Gasteiger partial charge in [0.1, 0.15) is 0 Å². The summed E-state index contributed by atoms with van der Waals surface area (Å²) >= 11 is 0. The summed E-state index contributed by atoms with van der Waals surface area (Å²) in [5, 5.41) is 3.36. The van der Waals surface area contributed by atoms with Crippen molar-refractivity contribution in [3.8, 4) is 0 Å². The second-order valence-corrected chi connectivity index (χ2v) is 3.69. The van der Waals surface area contributed by atoms with E-state index in [0.717, 1.165) is 0 Å². The second-order valence-electron chi connectivity index (χ2n) is 3.69. The highest BCUT2D eigenvalue weighted by atomic mass is 15.0. The maximum Gasteiger partial charge on any atom is 0.0602 e. The molecular formula is C10H14N2. The molecule has 0 aliphatic carbocycles. The van der Waals surface area contributed by atoms with Gasteiger partial charge in [0.15, 0.2) is 0 Å². The Bertz CT molecular complexity index is 304. The standard InChI is InChI=1S/C10H14N2/c1-7-10(2,11)8-5-3-4-6-9(8)12-7/h3-7,12H,11H2,1-2H3. The van der Waals surface area contributed by atoms with Crippen LogP contribution in [0, 0.1) is 0 Å². The minimum Gasteiger partial charge on any atom is -0.380 e. The summed E-state index contributed by atoms with van der Waals surface area (Å²) in [6, 6.07) is 8.54. The molecule has 3 N–H and O–H groups in total. The summed E-state index contributed by atoms with van der Waals surface area (Å²) in [5.41, 5.74) is 8.34. The van der Waals surface area contributed by atoms with E-state index >= 15 is 0 Å². The third kappa shape index (κ3) is 0.847. The van der Waals surface area contributed by atoms with Gasteiger partial charge in [0.05, 0.1) is 5.54 Å². The highest BCUT2D eigenvalue weighted by molar-refractivity contribution is 5.60. The molecule has 1 aliphatic heterocycles. The van der Waals surface area contributed by atoms with E-state index in [2.05, 4.69) is 31.3 Å². The maximum atomic E-state index is 6.17. The topological polar surface area (TPSA) is 38.0 Å². The van der Waals surface area contributed by atoms with Crippen LogP contribution in [0.15, 0.2) is 24.3 Å². The summed E-state index contributed by atoms with van der Waals surface area (Å²) in [7, 11) is 0. The number of para-hydroxylation sites is 1. The van der Waals surface area contributed by atoms with E-state index in [1.165, 1.54) is 11.3 Å². The van der Waals surface area contributed by atoms with Crippen molar-refractivity contribution in [1.29, 1.82) is 0 Å². The van der Waals surface area contributed by atoms with E-state index in [1.54, 1.807) is 0 Å². The van der Waals surface area contributed by atoms with Crippen LogP contribution in [0.1, 0.15) is 19.4 Å². The van der Waals surface area contributed by atoms with Crippen LogP contribution in [0.25, 0.3) is 0 Å². The van der Waals surface area contributed by atoms with Gasteiger partial charge in [-0.25, -0.2) is 0 Å². The molecule has 1 aromatic carbocycles. The molecule has 2 heteroatoms. The van der Waals surface area contributed by atoms with Crippen molar-refractivity contribution in [1.82, 2.24) is 0 Å². The van der Waals surface area contributed by atoms with Crippen molar-refractivity contribution in [2.24, 2.45) is 5.73 Å². The summed E-state index contributed by atoms with van der Waals surface area (Å²) in [6.45, 7) is 4.18. The van der Waals surface area contributed by atoms with Gasteiger partial charge in [-0.1, -0.05) is 18.2 Å². The Balaban J connectivity index is 2.55. The van der Waals surface area contributed by atoms with Crippen molar-refractivity contribution in [3.63, 3.8) is 0 Å². The van der Waals surface area contributed by atoms with Gasteiger partial charge in [-0.2, -0.15) is 0 Å². The monoisotopic (exact) mass is 162 g/mol. The van der Waals surface area contributed by atoms with Crippen LogP contribution in [0.4, 0.5) is 5.69 Å². The highest BCUT2D eigenvalue weighted by Crippen LogP contribution is 2.36. The van der Waals surface area contributed by atoms with Gasteiger partial charge in [0.2, 0.25) is 0 Å². The molecule has 0 spiro atoms. The molecule has 1 heterocycles. The number of benzene rings is 1. The van der Waals surface area contributed by atoms with Gasteiger partial charge < -0.3 is 11.1 Å². The average Bonchev–Trinajstić information content (AvgIpc) is 2.25. The lowest BCUT2D eigenvalue weighted by Crippen LogP contribution is -2.42. The quantitative estimate of drug-likeness (QED) is 0.609.